The Morgan fingerprint density at radius 2 is 1.54 bits per heavy atom. The third kappa shape index (κ3) is 7.56. The Kier molecular flexibility index (Phi) is 8.93. The molecule has 10 heteroatoms. The molecule has 3 amide bonds. The average molecular weight is 607 g/mol. The Labute approximate surface area is 235 Å². The van der Waals surface area contributed by atoms with Gasteiger partial charge in [0.15, 0.2) is 11.6 Å². The maximum atomic E-state index is 13.7. The molecule has 4 atom stereocenters. The van der Waals surface area contributed by atoms with E-state index in [0.717, 1.165) is 28.9 Å². The first-order chi connectivity index (χ1) is 18.4. The molecule has 1 saturated heterocycles. The lowest BCUT2D eigenvalue weighted by molar-refractivity contribution is -0.140. The molecular formula is C29H34BrF2N3O4. The Bertz CT molecular complexity index is 1220. The van der Waals surface area contributed by atoms with Crippen LogP contribution in [0.3, 0.4) is 0 Å². The molecule has 1 aliphatic carbocycles. The van der Waals surface area contributed by atoms with Crippen molar-refractivity contribution in [2.45, 2.75) is 82.5 Å². The van der Waals surface area contributed by atoms with Crippen LogP contribution in [0.5, 0.6) is 0 Å². The normalized spacial score (nSPS) is 23.3. The van der Waals surface area contributed by atoms with Crippen LogP contribution in [-0.2, 0) is 14.3 Å². The number of carbonyl (C=O) groups excluding carboxylic acids is 3. The number of nitrogens with zero attached hydrogens (tertiary/aromatic N) is 1. The first-order valence-electron chi connectivity index (χ1n) is 13.2. The third-order valence-corrected chi connectivity index (χ3v) is 7.68. The summed E-state index contributed by atoms with van der Waals surface area (Å²) in [6.45, 7) is 5.58. The van der Waals surface area contributed by atoms with Gasteiger partial charge in [-0.2, -0.15) is 0 Å². The molecule has 39 heavy (non-hydrogen) atoms. The summed E-state index contributed by atoms with van der Waals surface area (Å²) in [5.41, 5.74) is 0.903. The lowest BCUT2D eigenvalue weighted by Crippen LogP contribution is -2.49. The van der Waals surface area contributed by atoms with Crippen LogP contribution in [0.15, 0.2) is 46.9 Å². The number of carbonyl (C=O) groups is 3. The van der Waals surface area contributed by atoms with Crippen LogP contribution < -0.4 is 10.6 Å². The molecule has 2 N–H and O–H groups in total. The number of amides is 3. The minimum Gasteiger partial charge on any atom is -0.444 e. The summed E-state index contributed by atoms with van der Waals surface area (Å²) < 4.78 is 33.6. The van der Waals surface area contributed by atoms with Crippen LogP contribution in [0.2, 0.25) is 0 Å². The van der Waals surface area contributed by atoms with Gasteiger partial charge in [-0.3, -0.25) is 14.5 Å². The molecule has 0 aromatic heterocycles. The quantitative estimate of drug-likeness (QED) is 0.435. The van der Waals surface area contributed by atoms with Crippen LogP contribution in [0.4, 0.5) is 13.6 Å². The zero-order chi connectivity index (χ0) is 28.3. The highest BCUT2D eigenvalue weighted by atomic mass is 79.9. The fraction of sp³-hybridized carbons (Fsp3) is 0.483. The van der Waals surface area contributed by atoms with E-state index in [1.54, 1.807) is 31.7 Å². The highest BCUT2D eigenvalue weighted by Crippen LogP contribution is 2.35. The van der Waals surface area contributed by atoms with Crippen LogP contribution in [0, 0.1) is 11.6 Å². The van der Waals surface area contributed by atoms with Crippen molar-refractivity contribution in [2.75, 3.05) is 6.54 Å². The topological polar surface area (TPSA) is 87.7 Å². The van der Waals surface area contributed by atoms with Gasteiger partial charge in [-0.05, 0) is 87.8 Å². The summed E-state index contributed by atoms with van der Waals surface area (Å²) in [7, 11) is 0. The molecule has 7 nitrogen and oxygen atoms in total. The number of likely N-dealkylation sites (tertiary alicyclic amines) is 1. The molecule has 2 aromatic rings. The van der Waals surface area contributed by atoms with Crippen LogP contribution in [-0.4, -0.2) is 47.0 Å². The number of rotatable bonds is 4. The predicted octanol–water partition coefficient (Wildman–Crippen LogP) is 5.74. The van der Waals surface area contributed by atoms with Crippen molar-refractivity contribution >= 4 is 33.8 Å². The van der Waals surface area contributed by atoms with Crippen molar-refractivity contribution in [1.82, 2.24) is 15.5 Å². The fourth-order valence-corrected chi connectivity index (χ4v) is 5.62. The second-order valence-corrected chi connectivity index (χ2v) is 12.2. The molecular weight excluding hydrogens is 572 g/mol. The van der Waals surface area contributed by atoms with E-state index in [4.69, 9.17) is 4.74 Å². The Morgan fingerprint density at radius 1 is 0.897 bits per heavy atom. The number of ether oxygens (including phenoxy) is 1. The van der Waals surface area contributed by atoms with Gasteiger partial charge in [0.1, 0.15) is 5.60 Å². The van der Waals surface area contributed by atoms with Crippen molar-refractivity contribution in [2.24, 2.45) is 0 Å². The number of halogens is 3. The molecule has 1 aliphatic heterocycles. The summed E-state index contributed by atoms with van der Waals surface area (Å²) in [6, 6.07) is 10.5. The van der Waals surface area contributed by atoms with Gasteiger partial charge in [-0.15, -0.1) is 0 Å². The van der Waals surface area contributed by atoms with E-state index in [1.807, 2.05) is 24.3 Å². The lowest BCUT2D eigenvalue weighted by atomic mass is 9.81. The first-order valence-corrected chi connectivity index (χ1v) is 14.0. The Hall–Kier alpha value is -3.01. The predicted molar refractivity (Wildman–Crippen MR) is 146 cm³/mol. The molecule has 4 unspecified atom stereocenters. The zero-order valence-electron chi connectivity index (χ0n) is 22.3. The molecule has 4 rings (SSSR count). The Morgan fingerprint density at radius 3 is 2.18 bits per heavy atom. The van der Waals surface area contributed by atoms with Crippen LogP contribution >= 0.6 is 15.9 Å². The highest BCUT2D eigenvalue weighted by Gasteiger charge is 2.40. The number of hydrogen-bond acceptors (Lipinski definition) is 4. The van der Waals surface area contributed by atoms with Crippen molar-refractivity contribution in [3.63, 3.8) is 0 Å². The lowest BCUT2D eigenvalue weighted by Gasteiger charge is -2.30. The third-order valence-electron chi connectivity index (χ3n) is 7.15. The van der Waals surface area contributed by atoms with E-state index < -0.39 is 41.2 Å². The van der Waals surface area contributed by atoms with Gasteiger partial charge >= 0.3 is 17.9 Å². The minimum atomic E-state index is -0.893. The summed E-state index contributed by atoms with van der Waals surface area (Å²) in [4.78, 5) is 40.2. The number of nitrogens with one attached hydrogen (secondary N) is 2. The largest absolute Gasteiger partial charge is 0.444 e. The first kappa shape index (κ1) is 29.0. The van der Waals surface area contributed by atoms with Gasteiger partial charge in [-0.25, -0.2) is 13.6 Å². The summed E-state index contributed by atoms with van der Waals surface area (Å²) in [5, 5.41) is 5.59. The smallest absolute Gasteiger partial charge is 0.410 e. The number of hydrogen-bond donors (Lipinski definition) is 2. The molecule has 0 bridgehead atoms. The second kappa shape index (κ2) is 12.0. The monoisotopic (exact) mass is 605 g/mol. The van der Waals surface area contributed by atoms with Gasteiger partial charge in [0.2, 0.25) is 0 Å². The summed E-state index contributed by atoms with van der Waals surface area (Å²) in [6.07, 6.45) is 2.76. The van der Waals surface area contributed by atoms with Gasteiger partial charge in [0.25, 0.3) is 0 Å². The van der Waals surface area contributed by atoms with E-state index in [-0.39, 0.29) is 24.5 Å². The number of benzene rings is 2. The van der Waals surface area contributed by atoms with Crippen molar-refractivity contribution in [3.8, 4) is 0 Å². The summed E-state index contributed by atoms with van der Waals surface area (Å²) in [5.74, 6) is -3.34. The average Bonchev–Trinajstić information content (AvgIpc) is 3.29. The molecule has 1 saturated carbocycles. The fourth-order valence-electron chi connectivity index (χ4n) is 5.36. The second-order valence-electron chi connectivity index (χ2n) is 11.3. The van der Waals surface area contributed by atoms with E-state index in [1.165, 1.54) is 6.07 Å². The maximum absolute atomic E-state index is 13.7. The molecule has 0 spiro atoms. The molecule has 1 heterocycles. The minimum absolute atomic E-state index is 0.0360. The van der Waals surface area contributed by atoms with Crippen LogP contribution in [0.25, 0.3) is 0 Å². The van der Waals surface area contributed by atoms with Crippen molar-refractivity contribution in [3.05, 3.63) is 69.7 Å². The van der Waals surface area contributed by atoms with Gasteiger partial charge in [-0.1, -0.05) is 40.5 Å². The molecule has 2 aliphatic rings. The standard InChI is InChI=1S/C29H34BrF2N3O4/c1-29(2,3)39-28(38)35-16-22(15-25(35)17-7-10-20(30)11-8-17)34-27(37)26(36)33-21-6-4-5-18(13-21)19-9-12-23(31)24(32)14-19/h7-12,14,18,21-22,25H,4-6,13,15-16H2,1-3H3,(H,33,36)(H,34,37). The maximum Gasteiger partial charge on any atom is 0.410 e. The molecule has 0 radical (unpaired) electrons. The van der Waals surface area contributed by atoms with E-state index in [9.17, 15) is 23.2 Å². The van der Waals surface area contributed by atoms with E-state index in [2.05, 4.69) is 26.6 Å². The van der Waals surface area contributed by atoms with Gasteiger partial charge in [0, 0.05) is 23.1 Å². The molecule has 210 valence electrons. The van der Waals surface area contributed by atoms with Crippen LogP contribution in [0.1, 0.15) is 76.0 Å². The zero-order valence-corrected chi connectivity index (χ0v) is 23.9. The van der Waals surface area contributed by atoms with E-state index in [0.29, 0.717) is 24.8 Å². The Balaban J connectivity index is 1.38. The van der Waals surface area contributed by atoms with Gasteiger partial charge < -0.3 is 15.4 Å². The van der Waals surface area contributed by atoms with Crippen molar-refractivity contribution in [1.29, 1.82) is 0 Å². The van der Waals surface area contributed by atoms with E-state index >= 15 is 0 Å². The molecule has 2 aromatic carbocycles. The van der Waals surface area contributed by atoms with Gasteiger partial charge in [0.05, 0.1) is 6.04 Å². The SMILES string of the molecule is CC(C)(C)OC(=O)N1CC(NC(=O)C(=O)NC2CCCC(c3ccc(F)c(F)c3)C2)CC1c1ccc(Br)cc1. The molecule has 2 fully saturated rings. The van der Waals surface area contributed by atoms with Crippen molar-refractivity contribution < 1.29 is 27.9 Å². The summed E-state index contributed by atoms with van der Waals surface area (Å²) >= 11 is 3.42. The highest BCUT2D eigenvalue weighted by molar-refractivity contribution is 9.10.